The zero-order valence-electron chi connectivity index (χ0n) is 16.3. The average Bonchev–Trinajstić information content (AvgIpc) is 3.27. The van der Waals surface area contributed by atoms with Crippen LogP contribution in [0.5, 0.6) is 0 Å². The number of nitrogens with zero attached hydrogens (tertiary/aromatic N) is 5. The van der Waals surface area contributed by atoms with Crippen LogP contribution in [0.25, 0.3) is 0 Å². The molecule has 0 unspecified atom stereocenters. The molecule has 0 bridgehead atoms. The topological polar surface area (TPSA) is 85.0 Å². The molecule has 1 saturated carbocycles. The van der Waals surface area contributed by atoms with Gasteiger partial charge in [-0.2, -0.15) is 15.1 Å². The maximum absolute atomic E-state index is 13.8. The largest absolute Gasteiger partial charge is 0.354 e. The van der Waals surface area contributed by atoms with E-state index in [0.717, 1.165) is 37.7 Å². The average molecular weight is 404 g/mol. The molecule has 0 spiro atoms. The Morgan fingerprint density at radius 3 is 2.45 bits per heavy atom. The Morgan fingerprint density at radius 1 is 1.03 bits per heavy atom. The lowest BCUT2D eigenvalue weighted by Gasteiger charge is -2.29. The van der Waals surface area contributed by atoms with Crippen molar-refractivity contribution in [2.24, 2.45) is 0 Å². The molecule has 4 heterocycles. The minimum Gasteiger partial charge on any atom is -0.354 e. The summed E-state index contributed by atoms with van der Waals surface area (Å²) in [4.78, 5) is 13.0. The van der Waals surface area contributed by atoms with E-state index >= 15 is 0 Å². The fourth-order valence-electron chi connectivity index (χ4n) is 4.07. The number of H-pyrrole nitrogens is 1. The first-order chi connectivity index (χ1) is 14.1. The first-order valence-corrected chi connectivity index (χ1v) is 10.4. The predicted molar refractivity (Wildman–Crippen MR) is 107 cm³/mol. The van der Waals surface area contributed by atoms with Crippen LogP contribution in [-0.4, -0.2) is 65.4 Å². The molecule has 1 aliphatic carbocycles. The van der Waals surface area contributed by atoms with Gasteiger partial charge in [-0.05, 0) is 12.8 Å². The first kappa shape index (κ1) is 18.5. The molecule has 0 atom stereocenters. The Kier molecular flexibility index (Phi) is 4.73. The van der Waals surface area contributed by atoms with E-state index in [2.05, 4.69) is 35.7 Å². The Bertz CT molecular complexity index is 860. The van der Waals surface area contributed by atoms with Gasteiger partial charge in [-0.1, -0.05) is 6.42 Å². The van der Waals surface area contributed by atoms with Crippen LogP contribution in [0.4, 0.5) is 32.2 Å². The molecule has 156 valence electrons. The Labute approximate surface area is 168 Å². The standard InChI is InChI=1S/C19H26F2N8/c20-19(21)4-7-29(12-19)17-11-16(28-8-5-22-6-9-28)24-18(25-17)23-15-10-14(26-27-15)13-2-1-3-13/h10-11,13,22H,1-9,12H2,(H2,23,24,25,26,27). The monoisotopic (exact) mass is 404 g/mol. The van der Waals surface area contributed by atoms with E-state index in [4.69, 9.17) is 0 Å². The van der Waals surface area contributed by atoms with Crippen molar-refractivity contribution >= 4 is 23.4 Å². The molecule has 3 fully saturated rings. The van der Waals surface area contributed by atoms with Crippen molar-refractivity contribution in [3.63, 3.8) is 0 Å². The molecule has 2 aromatic heterocycles. The molecule has 2 saturated heterocycles. The third-order valence-electron chi connectivity index (χ3n) is 6.02. The lowest BCUT2D eigenvalue weighted by atomic mass is 9.83. The zero-order chi connectivity index (χ0) is 19.8. The van der Waals surface area contributed by atoms with Crippen LogP contribution in [0.2, 0.25) is 0 Å². The number of alkyl halides is 2. The van der Waals surface area contributed by atoms with Gasteiger partial charge < -0.3 is 20.4 Å². The molecule has 29 heavy (non-hydrogen) atoms. The Morgan fingerprint density at radius 2 is 1.79 bits per heavy atom. The first-order valence-electron chi connectivity index (χ1n) is 10.4. The van der Waals surface area contributed by atoms with E-state index in [1.165, 1.54) is 19.3 Å². The van der Waals surface area contributed by atoms with Crippen molar-refractivity contribution in [3.8, 4) is 0 Å². The van der Waals surface area contributed by atoms with E-state index in [0.29, 0.717) is 30.0 Å². The van der Waals surface area contributed by atoms with Gasteiger partial charge in [0, 0.05) is 62.9 Å². The number of piperazine rings is 1. The number of anilines is 4. The minimum atomic E-state index is -2.67. The number of aromatic nitrogens is 4. The minimum absolute atomic E-state index is 0.146. The van der Waals surface area contributed by atoms with E-state index < -0.39 is 5.92 Å². The van der Waals surface area contributed by atoms with E-state index in [1.807, 2.05) is 12.1 Å². The van der Waals surface area contributed by atoms with Gasteiger partial charge in [0.05, 0.1) is 6.54 Å². The summed E-state index contributed by atoms with van der Waals surface area (Å²) in [7, 11) is 0. The highest BCUT2D eigenvalue weighted by Gasteiger charge is 2.39. The Hall–Kier alpha value is -2.49. The molecule has 0 aromatic carbocycles. The maximum Gasteiger partial charge on any atom is 0.266 e. The summed E-state index contributed by atoms with van der Waals surface area (Å²) >= 11 is 0. The van der Waals surface area contributed by atoms with Crippen LogP contribution in [0.1, 0.15) is 37.3 Å². The third kappa shape index (κ3) is 3.98. The smallest absolute Gasteiger partial charge is 0.266 e. The number of rotatable bonds is 5. The van der Waals surface area contributed by atoms with Crippen LogP contribution in [0.3, 0.4) is 0 Å². The Balaban J connectivity index is 1.41. The molecular formula is C19H26F2N8. The SMILES string of the molecule is FC1(F)CCN(c2cc(N3CCNCC3)nc(Nc3cc(C4CCC4)[nH]n3)n2)C1. The van der Waals surface area contributed by atoms with Gasteiger partial charge in [0.1, 0.15) is 11.6 Å². The van der Waals surface area contributed by atoms with Crippen molar-refractivity contribution in [1.82, 2.24) is 25.5 Å². The molecule has 0 amide bonds. The summed E-state index contributed by atoms with van der Waals surface area (Å²) in [5.74, 6) is 0.202. The normalized spacial score (nSPS) is 22.0. The molecule has 3 aliphatic rings. The van der Waals surface area contributed by atoms with E-state index in [-0.39, 0.29) is 13.0 Å². The van der Waals surface area contributed by atoms with E-state index in [1.54, 1.807) is 4.90 Å². The summed E-state index contributed by atoms with van der Waals surface area (Å²) in [6.45, 7) is 3.36. The molecule has 0 radical (unpaired) electrons. The van der Waals surface area contributed by atoms with Gasteiger partial charge in [0.2, 0.25) is 5.95 Å². The van der Waals surface area contributed by atoms with Gasteiger partial charge in [0.15, 0.2) is 5.82 Å². The fourth-order valence-corrected chi connectivity index (χ4v) is 4.07. The fraction of sp³-hybridized carbons (Fsp3) is 0.632. The molecular weight excluding hydrogens is 378 g/mol. The van der Waals surface area contributed by atoms with Crippen LogP contribution in [0, 0.1) is 0 Å². The summed E-state index contributed by atoms with van der Waals surface area (Å²) in [5, 5.41) is 13.9. The molecule has 5 rings (SSSR count). The highest BCUT2D eigenvalue weighted by molar-refractivity contribution is 5.59. The lowest BCUT2D eigenvalue weighted by molar-refractivity contribution is 0.0256. The number of hydrogen-bond acceptors (Lipinski definition) is 7. The van der Waals surface area contributed by atoms with Crippen molar-refractivity contribution in [1.29, 1.82) is 0 Å². The second-order valence-corrected chi connectivity index (χ2v) is 8.13. The van der Waals surface area contributed by atoms with Gasteiger partial charge in [0.25, 0.3) is 5.92 Å². The lowest BCUT2D eigenvalue weighted by Crippen LogP contribution is -2.44. The molecule has 3 N–H and O–H groups in total. The second-order valence-electron chi connectivity index (χ2n) is 8.13. The van der Waals surface area contributed by atoms with Crippen LogP contribution >= 0.6 is 0 Å². The predicted octanol–water partition coefficient (Wildman–Crippen LogP) is 2.47. The molecule has 10 heteroatoms. The third-order valence-corrected chi connectivity index (χ3v) is 6.02. The van der Waals surface area contributed by atoms with Crippen LogP contribution in [0.15, 0.2) is 12.1 Å². The molecule has 2 aromatic rings. The van der Waals surface area contributed by atoms with Gasteiger partial charge in [-0.25, -0.2) is 8.78 Å². The second kappa shape index (κ2) is 7.40. The van der Waals surface area contributed by atoms with Gasteiger partial charge in [-0.15, -0.1) is 0 Å². The molecule has 2 aliphatic heterocycles. The summed E-state index contributed by atoms with van der Waals surface area (Å²) < 4.78 is 27.5. The highest BCUT2D eigenvalue weighted by Crippen LogP contribution is 2.36. The van der Waals surface area contributed by atoms with Crippen LogP contribution in [-0.2, 0) is 0 Å². The van der Waals surface area contributed by atoms with Crippen molar-refractivity contribution < 1.29 is 8.78 Å². The summed E-state index contributed by atoms with van der Waals surface area (Å²) in [5.41, 5.74) is 1.12. The van der Waals surface area contributed by atoms with Gasteiger partial charge >= 0.3 is 0 Å². The molecule has 8 nitrogen and oxygen atoms in total. The van der Waals surface area contributed by atoms with Crippen molar-refractivity contribution in [3.05, 3.63) is 17.8 Å². The van der Waals surface area contributed by atoms with Crippen molar-refractivity contribution in [2.75, 3.05) is 54.4 Å². The zero-order valence-corrected chi connectivity index (χ0v) is 16.3. The number of aromatic amines is 1. The number of nitrogens with one attached hydrogen (secondary N) is 3. The summed E-state index contributed by atoms with van der Waals surface area (Å²) in [6.07, 6.45) is 3.48. The quantitative estimate of drug-likeness (QED) is 0.706. The highest BCUT2D eigenvalue weighted by atomic mass is 19.3. The number of halogens is 2. The van der Waals surface area contributed by atoms with Gasteiger partial charge in [-0.3, -0.25) is 5.10 Å². The summed E-state index contributed by atoms with van der Waals surface area (Å²) in [6, 6.07) is 3.82. The van der Waals surface area contributed by atoms with Crippen molar-refractivity contribution in [2.45, 2.75) is 37.5 Å². The number of hydrogen-bond donors (Lipinski definition) is 3. The van der Waals surface area contributed by atoms with Crippen LogP contribution < -0.4 is 20.4 Å². The van der Waals surface area contributed by atoms with E-state index in [9.17, 15) is 8.78 Å². The maximum atomic E-state index is 13.8.